The maximum Gasteiger partial charge on any atom is 1.00 e. The molecule has 0 spiro atoms. The summed E-state index contributed by atoms with van der Waals surface area (Å²) < 4.78 is 0. The van der Waals surface area contributed by atoms with Crippen LogP contribution >= 0.6 is 0 Å². The minimum absolute atomic E-state index is 0. The Morgan fingerprint density at radius 3 is 1.36 bits per heavy atom. The van der Waals surface area contributed by atoms with Crippen molar-refractivity contribution in [2.24, 2.45) is 0 Å². The van der Waals surface area contributed by atoms with Gasteiger partial charge >= 0.3 is 138 Å². The van der Waals surface area contributed by atoms with Gasteiger partial charge < -0.3 is 19.9 Å². The number of hydrogen-bond donors (Lipinski definition) is 0. The Labute approximate surface area is 183 Å². The molecule has 0 saturated carbocycles. The van der Waals surface area contributed by atoms with E-state index in [1.54, 1.807) is 14.1 Å². The molecule has 0 aliphatic carbocycles. The van der Waals surface area contributed by atoms with Gasteiger partial charge in [0.25, 0.3) is 0 Å². The summed E-state index contributed by atoms with van der Waals surface area (Å²) in [4.78, 5) is 19.2. The summed E-state index contributed by atoms with van der Waals surface area (Å²) in [6.07, 6.45) is -1.58. The summed E-state index contributed by atoms with van der Waals surface area (Å²) in [6.45, 7) is 0. The number of carboxylic acid groups (broad SMARTS) is 2. The number of amides is 1. The molecular weight excluding hydrogens is 392 g/mol. The fourth-order valence-corrected chi connectivity index (χ4v) is 0. The topological polar surface area (TPSA) is 83.5 Å². The third-order valence-corrected chi connectivity index (χ3v) is 0.211. The quantitative estimate of drug-likeness (QED) is 0.411. The summed E-state index contributed by atoms with van der Waals surface area (Å²) in [5.74, 6) is 0. The van der Waals surface area contributed by atoms with Crippen molar-refractivity contribution >= 4 is 12.6 Å². The van der Waals surface area contributed by atoms with E-state index in [1.165, 1.54) is 4.90 Å². The molecule has 0 bridgehead atoms. The van der Waals surface area contributed by atoms with Crippen molar-refractivity contribution in [1.29, 1.82) is 0 Å². The van der Waals surface area contributed by atoms with Gasteiger partial charge in [-0.15, -0.1) is 0 Å². The van der Waals surface area contributed by atoms with Gasteiger partial charge in [-0.05, 0) is 6.16 Å². The van der Waals surface area contributed by atoms with Gasteiger partial charge in [-0.2, -0.15) is 0 Å². The van der Waals surface area contributed by atoms with Gasteiger partial charge in [-0.1, -0.05) is 0 Å². The van der Waals surface area contributed by atoms with Crippen LogP contribution in [0.5, 0.6) is 0 Å². The summed E-state index contributed by atoms with van der Waals surface area (Å²) in [6, 6.07) is 0. The van der Waals surface area contributed by atoms with Gasteiger partial charge in [0.2, 0.25) is 6.41 Å². The second-order valence-electron chi connectivity index (χ2n) is 1.32. The summed E-state index contributed by atoms with van der Waals surface area (Å²) in [7, 11) is 3.38. The standard InChI is InChI=1S/C3H7NO.CH2O3.2Cs/c1-4(2)3-5;2-1(3)4;;/h3H,1-2H3;(H2,2,3,4);;/q;;2*+1/p-2. The molecule has 5 nitrogen and oxygen atoms in total. The van der Waals surface area contributed by atoms with Crippen molar-refractivity contribution in [3.8, 4) is 0 Å². The molecule has 0 fully saturated rings. The largest absolute Gasteiger partial charge is 1.00 e. The first-order chi connectivity index (χ1) is 4.00. The monoisotopic (exact) mass is 399 g/mol. The number of hydrogen-bond acceptors (Lipinski definition) is 4. The molecular formula is C4H7Cs2NO4. The number of nitrogens with zero attached hydrogens (tertiary/aromatic N) is 1. The zero-order valence-corrected chi connectivity index (χ0v) is 19.7. The van der Waals surface area contributed by atoms with Gasteiger partial charge in [-0.3, -0.25) is 4.79 Å². The molecule has 0 aliphatic rings. The smallest absolute Gasteiger partial charge is 0.652 e. The van der Waals surface area contributed by atoms with Gasteiger partial charge in [-0.25, -0.2) is 0 Å². The minimum Gasteiger partial charge on any atom is -0.652 e. The van der Waals surface area contributed by atoms with Crippen LogP contribution in [0, 0.1) is 0 Å². The molecule has 0 N–H and O–H groups in total. The van der Waals surface area contributed by atoms with Crippen LogP contribution in [-0.4, -0.2) is 31.6 Å². The van der Waals surface area contributed by atoms with Crippen molar-refractivity contribution in [3.63, 3.8) is 0 Å². The Hall–Kier alpha value is 2.84. The van der Waals surface area contributed by atoms with E-state index in [1.807, 2.05) is 0 Å². The van der Waals surface area contributed by atoms with E-state index in [4.69, 9.17) is 15.0 Å². The van der Waals surface area contributed by atoms with Gasteiger partial charge in [0.05, 0.1) is 0 Å². The molecule has 1 amide bonds. The Morgan fingerprint density at radius 1 is 1.27 bits per heavy atom. The maximum absolute atomic E-state index is 9.43. The molecule has 0 atom stereocenters. The summed E-state index contributed by atoms with van der Waals surface area (Å²) >= 11 is 0. The fourth-order valence-electron chi connectivity index (χ4n) is 0. The maximum atomic E-state index is 9.43. The molecule has 0 aromatic heterocycles. The van der Waals surface area contributed by atoms with Crippen LogP contribution in [-0.2, 0) is 4.79 Å². The zero-order valence-electron chi connectivity index (χ0n) is 7.16. The number of rotatable bonds is 1. The molecule has 7 heteroatoms. The third kappa shape index (κ3) is 64.4. The van der Waals surface area contributed by atoms with E-state index in [-0.39, 0.29) is 138 Å². The Kier molecular flexibility index (Phi) is 39.8. The van der Waals surface area contributed by atoms with Crippen molar-refractivity contribution in [2.75, 3.05) is 14.1 Å². The van der Waals surface area contributed by atoms with E-state index in [2.05, 4.69) is 0 Å². The summed E-state index contributed by atoms with van der Waals surface area (Å²) in [5.41, 5.74) is 0. The van der Waals surface area contributed by atoms with E-state index < -0.39 is 6.16 Å². The molecule has 0 unspecified atom stereocenters. The average Bonchev–Trinajstić information content (AvgIpc) is 1.65. The normalized spacial score (nSPS) is 5.27. The third-order valence-electron chi connectivity index (χ3n) is 0.211. The second-order valence-corrected chi connectivity index (χ2v) is 1.32. The molecule has 11 heavy (non-hydrogen) atoms. The van der Waals surface area contributed by atoms with E-state index in [0.717, 1.165) is 6.41 Å². The van der Waals surface area contributed by atoms with Crippen LogP contribution in [0.1, 0.15) is 0 Å². The van der Waals surface area contributed by atoms with Crippen LogP contribution in [0.3, 0.4) is 0 Å². The minimum atomic E-state index is -2.33. The van der Waals surface area contributed by atoms with Crippen LogP contribution in [0.15, 0.2) is 0 Å². The first-order valence-electron chi connectivity index (χ1n) is 2.00. The zero-order chi connectivity index (χ0) is 7.86. The van der Waals surface area contributed by atoms with Gasteiger partial charge in [0.1, 0.15) is 0 Å². The van der Waals surface area contributed by atoms with Crippen LogP contribution < -0.4 is 148 Å². The Bertz CT molecular complexity index is 94.1. The number of carbonyl (C=O) groups excluding carboxylic acids is 2. The van der Waals surface area contributed by atoms with Crippen LogP contribution in [0.25, 0.3) is 0 Å². The van der Waals surface area contributed by atoms with Gasteiger partial charge in [0.15, 0.2) is 0 Å². The van der Waals surface area contributed by atoms with Crippen molar-refractivity contribution < 1.29 is 158 Å². The average molecular weight is 399 g/mol. The number of carbonyl (C=O) groups is 2. The SMILES string of the molecule is CN(C)C=O.O=C([O-])[O-].[Cs+].[Cs+]. The molecule has 0 radical (unpaired) electrons. The molecule has 0 rings (SSSR count). The van der Waals surface area contributed by atoms with E-state index in [0.29, 0.717) is 0 Å². The second kappa shape index (κ2) is 18.6. The molecule has 0 heterocycles. The van der Waals surface area contributed by atoms with Crippen LogP contribution in [0.2, 0.25) is 0 Å². The van der Waals surface area contributed by atoms with Crippen LogP contribution in [0.4, 0.5) is 4.79 Å². The van der Waals surface area contributed by atoms with E-state index >= 15 is 0 Å². The molecule has 0 saturated heterocycles. The predicted octanol–water partition coefficient (Wildman–Crippen LogP) is -8.73. The molecule has 54 valence electrons. The van der Waals surface area contributed by atoms with Gasteiger partial charge in [0, 0.05) is 14.1 Å². The van der Waals surface area contributed by atoms with E-state index in [9.17, 15) is 4.79 Å². The molecule has 0 aromatic rings. The molecule has 0 aromatic carbocycles. The Balaban J connectivity index is -0.0000000383. The molecule has 0 aliphatic heterocycles. The predicted molar refractivity (Wildman–Crippen MR) is 25.1 cm³/mol. The first-order valence-corrected chi connectivity index (χ1v) is 2.00. The van der Waals surface area contributed by atoms with Crippen molar-refractivity contribution in [3.05, 3.63) is 0 Å². The fraction of sp³-hybridized carbons (Fsp3) is 0.500. The Morgan fingerprint density at radius 2 is 1.36 bits per heavy atom. The van der Waals surface area contributed by atoms with Crippen molar-refractivity contribution in [1.82, 2.24) is 4.90 Å². The van der Waals surface area contributed by atoms with Crippen molar-refractivity contribution in [2.45, 2.75) is 0 Å². The summed E-state index contributed by atoms with van der Waals surface area (Å²) in [5, 5.41) is 16.7. The first kappa shape index (κ1) is 23.6.